The van der Waals surface area contributed by atoms with Crippen molar-refractivity contribution in [2.75, 3.05) is 33.4 Å². The van der Waals surface area contributed by atoms with E-state index in [9.17, 15) is 0 Å². The Hall–Kier alpha value is -2.53. The van der Waals surface area contributed by atoms with Gasteiger partial charge in [-0.05, 0) is 25.0 Å². The molecule has 0 radical (unpaired) electrons. The van der Waals surface area contributed by atoms with Gasteiger partial charge in [0.15, 0.2) is 5.96 Å². The minimum Gasteiger partial charge on any atom is -0.496 e. The molecule has 0 bridgehead atoms. The van der Waals surface area contributed by atoms with Gasteiger partial charge in [-0.3, -0.25) is 0 Å². The lowest BCUT2D eigenvalue weighted by atomic mass is 10.1. The van der Waals surface area contributed by atoms with Crippen molar-refractivity contribution < 1.29 is 9.47 Å². The highest BCUT2D eigenvalue weighted by atomic mass is 16.5. The molecule has 28 heavy (non-hydrogen) atoms. The quantitative estimate of drug-likeness (QED) is 0.559. The summed E-state index contributed by atoms with van der Waals surface area (Å²) in [6.45, 7) is 7.03. The molecule has 0 spiro atoms. The molecule has 1 fully saturated rings. The number of hydrogen-bond acceptors (Lipinski definition) is 3. The first-order valence-corrected chi connectivity index (χ1v) is 10.1. The maximum Gasteiger partial charge on any atom is 0.194 e. The van der Waals surface area contributed by atoms with Crippen LogP contribution in [0, 0.1) is 5.92 Å². The van der Waals surface area contributed by atoms with Crippen LogP contribution >= 0.6 is 0 Å². The minimum absolute atomic E-state index is 0.541. The third-order valence-electron chi connectivity index (χ3n) is 4.98. The highest BCUT2D eigenvalue weighted by Gasteiger charge is 2.25. The molecule has 0 saturated carbocycles. The van der Waals surface area contributed by atoms with Gasteiger partial charge in [-0.25, -0.2) is 4.99 Å². The molecule has 1 atom stereocenters. The van der Waals surface area contributed by atoms with E-state index < -0.39 is 0 Å². The lowest BCUT2D eigenvalue weighted by Gasteiger charge is -2.22. The van der Waals surface area contributed by atoms with E-state index in [1.54, 1.807) is 7.11 Å². The number of rotatable bonds is 8. The van der Waals surface area contributed by atoms with E-state index in [4.69, 9.17) is 14.5 Å². The van der Waals surface area contributed by atoms with Gasteiger partial charge < -0.3 is 19.7 Å². The summed E-state index contributed by atoms with van der Waals surface area (Å²) in [5.74, 6) is 2.40. The maximum absolute atomic E-state index is 5.95. The van der Waals surface area contributed by atoms with Gasteiger partial charge in [0.05, 0.1) is 26.9 Å². The Morgan fingerprint density at radius 2 is 1.93 bits per heavy atom. The van der Waals surface area contributed by atoms with Gasteiger partial charge >= 0.3 is 0 Å². The number of nitrogens with zero attached hydrogens (tertiary/aromatic N) is 2. The van der Waals surface area contributed by atoms with Gasteiger partial charge in [0.25, 0.3) is 0 Å². The monoisotopic (exact) mass is 381 g/mol. The summed E-state index contributed by atoms with van der Waals surface area (Å²) in [6.07, 6.45) is 1.13. The van der Waals surface area contributed by atoms with Crippen molar-refractivity contribution in [2.45, 2.75) is 26.5 Å². The number of benzene rings is 2. The van der Waals surface area contributed by atoms with E-state index in [0.717, 1.165) is 49.9 Å². The van der Waals surface area contributed by atoms with E-state index in [0.29, 0.717) is 19.1 Å². The fourth-order valence-electron chi connectivity index (χ4n) is 3.50. The molecule has 0 aromatic heterocycles. The molecule has 5 nitrogen and oxygen atoms in total. The van der Waals surface area contributed by atoms with Crippen LogP contribution in [0.15, 0.2) is 59.6 Å². The molecule has 1 N–H and O–H groups in total. The highest BCUT2D eigenvalue weighted by Crippen LogP contribution is 2.20. The van der Waals surface area contributed by atoms with E-state index >= 15 is 0 Å². The zero-order chi connectivity index (χ0) is 19.6. The van der Waals surface area contributed by atoms with Crippen LogP contribution in [0.2, 0.25) is 0 Å². The average molecular weight is 382 g/mol. The second-order valence-electron chi connectivity index (χ2n) is 7.08. The molecule has 0 aliphatic carbocycles. The number of likely N-dealkylation sites (tertiary alicyclic amines) is 1. The Labute approximate surface area is 168 Å². The zero-order valence-corrected chi connectivity index (χ0v) is 16.9. The van der Waals surface area contributed by atoms with Crippen LogP contribution in [0.5, 0.6) is 5.75 Å². The van der Waals surface area contributed by atoms with Crippen molar-refractivity contribution in [1.29, 1.82) is 0 Å². The van der Waals surface area contributed by atoms with Crippen molar-refractivity contribution >= 4 is 5.96 Å². The van der Waals surface area contributed by atoms with Gasteiger partial charge in [-0.1, -0.05) is 48.5 Å². The maximum atomic E-state index is 5.95. The van der Waals surface area contributed by atoms with Crippen LogP contribution in [0.4, 0.5) is 0 Å². The topological polar surface area (TPSA) is 46.1 Å². The second kappa shape index (κ2) is 10.7. The van der Waals surface area contributed by atoms with Gasteiger partial charge in [-0.2, -0.15) is 0 Å². The molecule has 1 unspecified atom stereocenters. The fraction of sp³-hybridized carbons (Fsp3) is 0.435. The Bertz CT molecular complexity index is 749. The van der Waals surface area contributed by atoms with E-state index in [2.05, 4.69) is 47.5 Å². The number of guanidine groups is 1. The van der Waals surface area contributed by atoms with Crippen LogP contribution in [0.1, 0.15) is 24.5 Å². The smallest absolute Gasteiger partial charge is 0.194 e. The Balaban J connectivity index is 1.53. The standard InChI is InChI=1S/C23H31N3O2/c1-3-24-23(25-15-21-11-7-8-12-22(21)27-2)26-14-13-20(16-26)18-28-17-19-9-5-4-6-10-19/h4-12,20H,3,13-18H2,1-2H3,(H,24,25). The molecule has 1 saturated heterocycles. The highest BCUT2D eigenvalue weighted by molar-refractivity contribution is 5.80. The third-order valence-corrected chi connectivity index (χ3v) is 4.98. The summed E-state index contributed by atoms with van der Waals surface area (Å²) in [6, 6.07) is 18.4. The Morgan fingerprint density at radius 1 is 1.14 bits per heavy atom. The Kier molecular flexibility index (Phi) is 7.73. The van der Waals surface area contributed by atoms with Crippen molar-refractivity contribution in [3.05, 3.63) is 65.7 Å². The number of ether oxygens (including phenoxy) is 2. The third kappa shape index (κ3) is 5.73. The first-order valence-electron chi connectivity index (χ1n) is 10.1. The van der Waals surface area contributed by atoms with Crippen molar-refractivity contribution in [3.63, 3.8) is 0 Å². The molecule has 150 valence electrons. The number of hydrogen-bond donors (Lipinski definition) is 1. The van der Waals surface area contributed by atoms with Gasteiger partial charge in [0.2, 0.25) is 0 Å². The molecule has 5 heteroatoms. The SMILES string of the molecule is CCNC(=NCc1ccccc1OC)N1CCC(COCc2ccccc2)C1. The Morgan fingerprint density at radius 3 is 2.71 bits per heavy atom. The molecule has 2 aromatic rings. The van der Waals surface area contributed by atoms with Crippen LogP contribution in [0.3, 0.4) is 0 Å². The van der Waals surface area contributed by atoms with Gasteiger partial charge in [0.1, 0.15) is 5.75 Å². The lowest BCUT2D eigenvalue weighted by Crippen LogP contribution is -2.40. The molecule has 1 aliphatic heterocycles. The molecule has 3 rings (SSSR count). The second-order valence-corrected chi connectivity index (χ2v) is 7.08. The molecule has 1 heterocycles. The van der Waals surface area contributed by atoms with Crippen LogP contribution in [-0.2, 0) is 17.9 Å². The number of nitrogens with one attached hydrogen (secondary N) is 1. The summed E-state index contributed by atoms with van der Waals surface area (Å²) in [7, 11) is 1.70. The summed E-state index contributed by atoms with van der Waals surface area (Å²) in [4.78, 5) is 7.19. The number of aliphatic imine (C=N–C) groups is 1. The minimum atomic E-state index is 0.541. The summed E-state index contributed by atoms with van der Waals surface area (Å²) in [5.41, 5.74) is 2.33. The van der Waals surface area contributed by atoms with E-state index in [-0.39, 0.29) is 0 Å². The van der Waals surface area contributed by atoms with Crippen molar-refractivity contribution in [1.82, 2.24) is 10.2 Å². The van der Waals surface area contributed by atoms with Crippen molar-refractivity contribution in [2.24, 2.45) is 10.9 Å². The van der Waals surface area contributed by atoms with E-state index in [1.165, 1.54) is 5.56 Å². The van der Waals surface area contributed by atoms with Crippen LogP contribution in [0.25, 0.3) is 0 Å². The average Bonchev–Trinajstić information content (AvgIpc) is 3.21. The van der Waals surface area contributed by atoms with Crippen LogP contribution in [-0.4, -0.2) is 44.2 Å². The van der Waals surface area contributed by atoms with Gasteiger partial charge in [0, 0.05) is 31.1 Å². The van der Waals surface area contributed by atoms with Crippen molar-refractivity contribution in [3.8, 4) is 5.75 Å². The van der Waals surface area contributed by atoms with Crippen LogP contribution < -0.4 is 10.1 Å². The predicted octanol–water partition coefficient (Wildman–Crippen LogP) is 3.70. The largest absolute Gasteiger partial charge is 0.496 e. The molecular formula is C23H31N3O2. The fourth-order valence-corrected chi connectivity index (χ4v) is 3.50. The van der Waals surface area contributed by atoms with Gasteiger partial charge in [-0.15, -0.1) is 0 Å². The molecule has 0 amide bonds. The predicted molar refractivity (Wildman–Crippen MR) is 114 cm³/mol. The zero-order valence-electron chi connectivity index (χ0n) is 16.9. The summed E-state index contributed by atoms with van der Waals surface area (Å²) in [5, 5.41) is 3.43. The summed E-state index contributed by atoms with van der Waals surface area (Å²) < 4.78 is 11.4. The molecular weight excluding hydrogens is 350 g/mol. The lowest BCUT2D eigenvalue weighted by molar-refractivity contribution is 0.0906. The molecule has 2 aromatic carbocycles. The first kappa shape index (κ1) is 20.2. The summed E-state index contributed by atoms with van der Waals surface area (Å²) >= 11 is 0. The number of methoxy groups -OCH3 is 1. The van der Waals surface area contributed by atoms with E-state index in [1.807, 2.05) is 24.3 Å². The molecule has 1 aliphatic rings. The first-order chi connectivity index (χ1) is 13.8. The number of para-hydroxylation sites is 1. The normalized spacial score (nSPS) is 17.0.